The van der Waals surface area contributed by atoms with Gasteiger partial charge in [-0.2, -0.15) is 0 Å². The Morgan fingerprint density at radius 2 is 1.81 bits per heavy atom. The Balaban J connectivity index is 1.60. The normalized spacial score (nSPS) is 11.2. The number of nitrogens with zero attached hydrogens (tertiary/aromatic N) is 2. The van der Waals surface area contributed by atoms with Crippen molar-refractivity contribution in [3.63, 3.8) is 0 Å². The summed E-state index contributed by atoms with van der Waals surface area (Å²) in [5, 5.41) is 18.1. The van der Waals surface area contributed by atoms with Gasteiger partial charge in [0.05, 0.1) is 11.7 Å². The molecule has 0 aliphatic heterocycles. The molecule has 1 atom stereocenters. The summed E-state index contributed by atoms with van der Waals surface area (Å²) in [6.45, 7) is 2.97. The molecule has 3 rings (SSSR count). The van der Waals surface area contributed by atoms with E-state index in [0.717, 1.165) is 10.5 Å². The minimum Gasteiger partial charge on any atom is -0.481 e. The van der Waals surface area contributed by atoms with Crippen molar-refractivity contribution in [1.29, 1.82) is 0 Å². The minimum atomic E-state index is -1.30. The molecule has 0 radical (unpaired) electrons. The Morgan fingerprint density at radius 3 is 2.44 bits per heavy atom. The van der Waals surface area contributed by atoms with E-state index < -0.39 is 24.6 Å². The molecule has 3 aromatic rings. The number of aryl methyl sites for hydroxylation is 1. The molecule has 0 spiro atoms. The summed E-state index contributed by atoms with van der Waals surface area (Å²) < 4.78 is 11.3. The van der Waals surface area contributed by atoms with Crippen LogP contribution in [0.25, 0.3) is 11.5 Å². The summed E-state index contributed by atoms with van der Waals surface area (Å²) in [5.74, 6) is 6.13. The van der Waals surface area contributed by atoms with Gasteiger partial charge >= 0.3 is 12.1 Å². The number of benzene rings is 2. The topological polar surface area (TPSA) is 113 Å². The van der Waals surface area contributed by atoms with Crippen molar-refractivity contribution in [2.45, 2.75) is 19.9 Å². The van der Waals surface area contributed by atoms with Gasteiger partial charge in [-0.05, 0) is 49.6 Å². The lowest BCUT2D eigenvalue weighted by Crippen LogP contribution is -2.36. The molecule has 2 aromatic carbocycles. The first-order valence-electron chi connectivity index (χ1n) is 9.81. The van der Waals surface area contributed by atoms with E-state index in [-0.39, 0.29) is 6.61 Å². The van der Waals surface area contributed by atoms with Crippen LogP contribution in [0.4, 0.5) is 4.79 Å². The highest BCUT2D eigenvalue weighted by molar-refractivity contribution is 5.76. The summed E-state index contributed by atoms with van der Waals surface area (Å²) >= 11 is 0. The zero-order chi connectivity index (χ0) is 23.1. The third kappa shape index (κ3) is 5.67. The third-order valence-corrected chi connectivity index (χ3v) is 4.71. The van der Waals surface area contributed by atoms with Crippen LogP contribution in [0.15, 0.2) is 59.0 Å². The number of carbonyl (C=O) groups is 2. The van der Waals surface area contributed by atoms with E-state index in [2.05, 4.69) is 16.8 Å². The van der Waals surface area contributed by atoms with Gasteiger partial charge in [-0.15, -0.1) is 0 Å². The highest BCUT2D eigenvalue weighted by Crippen LogP contribution is 2.23. The smallest absolute Gasteiger partial charge is 0.408 e. The molecule has 0 bridgehead atoms. The number of rotatable bonds is 7. The molecule has 0 aliphatic rings. The predicted octanol–water partition coefficient (Wildman–Crippen LogP) is 4.21. The van der Waals surface area contributed by atoms with Crippen LogP contribution in [0.2, 0.25) is 0 Å². The molecule has 32 heavy (non-hydrogen) atoms. The maximum absolute atomic E-state index is 11.3. The van der Waals surface area contributed by atoms with Crippen LogP contribution in [0.3, 0.4) is 0 Å². The van der Waals surface area contributed by atoms with Crippen molar-refractivity contribution in [3.05, 3.63) is 71.6 Å². The quantitative estimate of drug-likeness (QED) is 0.536. The van der Waals surface area contributed by atoms with E-state index in [1.54, 1.807) is 31.2 Å². The van der Waals surface area contributed by atoms with Gasteiger partial charge in [0, 0.05) is 5.56 Å². The van der Waals surface area contributed by atoms with Gasteiger partial charge in [-0.1, -0.05) is 36.3 Å². The Morgan fingerprint density at radius 1 is 1.12 bits per heavy atom. The van der Waals surface area contributed by atoms with Crippen LogP contribution in [-0.2, 0) is 4.79 Å². The van der Waals surface area contributed by atoms with Crippen molar-refractivity contribution in [2.75, 3.05) is 13.2 Å². The Labute approximate surface area is 185 Å². The summed E-state index contributed by atoms with van der Waals surface area (Å²) in [6.07, 6.45) is -1.30. The predicted molar refractivity (Wildman–Crippen MR) is 116 cm³/mol. The third-order valence-electron chi connectivity index (χ3n) is 4.71. The molecule has 8 nitrogen and oxygen atoms in total. The molecule has 8 heteroatoms. The first-order chi connectivity index (χ1) is 15.3. The zero-order valence-electron chi connectivity index (χ0n) is 17.6. The maximum Gasteiger partial charge on any atom is 0.408 e. The van der Waals surface area contributed by atoms with Crippen LogP contribution in [0, 0.1) is 18.8 Å². The second-order valence-corrected chi connectivity index (χ2v) is 6.94. The molecule has 0 saturated heterocycles. The number of hydrogen-bond donors (Lipinski definition) is 2. The summed E-state index contributed by atoms with van der Waals surface area (Å²) in [5.41, 5.74) is 2.22. The molecule has 0 aliphatic carbocycles. The Kier molecular flexibility index (Phi) is 7.13. The van der Waals surface area contributed by atoms with Crippen molar-refractivity contribution < 1.29 is 29.0 Å². The van der Waals surface area contributed by atoms with Crippen molar-refractivity contribution in [3.8, 4) is 29.0 Å². The van der Waals surface area contributed by atoms with E-state index in [1.807, 2.05) is 37.3 Å². The number of carboxylic acids is 1. The fraction of sp³-hybridized carbons (Fsp3) is 0.208. The largest absolute Gasteiger partial charge is 0.481 e. The lowest BCUT2D eigenvalue weighted by atomic mass is 10.1. The van der Waals surface area contributed by atoms with E-state index in [0.29, 0.717) is 28.7 Å². The molecular weight excluding hydrogens is 412 g/mol. The lowest BCUT2D eigenvalue weighted by molar-refractivity contribution is -0.138. The van der Waals surface area contributed by atoms with Crippen LogP contribution >= 0.6 is 0 Å². The molecular formula is C24H22N2O6. The van der Waals surface area contributed by atoms with Gasteiger partial charge in [-0.3, -0.25) is 9.69 Å². The highest BCUT2D eigenvalue weighted by Gasteiger charge is 2.23. The molecule has 2 N–H and O–H groups in total. The fourth-order valence-electron chi connectivity index (χ4n) is 2.99. The second-order valence-electron chi connectivity index (χ2n) is 6.94. The summed E-state index contributed by atoms with van der Waals surface area (Å²) in [4.78, 5) is 27.5. The zero-order valence-corrected chi connectivity index (χ0v) is 17.6. The average molecular weight is 434 g/mol. The van der Waals surface area contributed by atoms with Crippen LogP contribution in [0.1, 0.15) is 30.0 Å². The van der Waals surface area contributed by atoms with E-state index in [9.17, 15) is 14.7 Å². The average Bonchev–Trinajstić information content (AvgIpc) is 3.16. The fourth-order valence-corrected chi connectivity index (χ4v) is 2.99. The van der Waals surface area contributed by atoms with Crippen molar-refractivity contribution in [1.82, 2.24) is 9.88 Å². The molecule has 0 saturated carbocycles. The number of aromatic nitrogens is 1. The second kappa shape index (κ2) is 10.2. The van der Waals surface area contributed by atoms with Gasteiger partial charge in [-0.25, -0.2) is 9.78 Å². The van der Waals surface area contributed by atoms with Gasteiger partial charge in [0.2, 0.25) is 11.7 Å². The number of hydrogen-bond acceptors (Lipinski definition) is 5. The maximum atomic E-state index is 11.3. The number of ether oxygens (including phenoxy) is 1. The number of carboxylic acid groups (broad SMARTS) is 2. The van der Waals surface area contributed by atoms with Crippen molar-refractivity contribution >= 4 is 12.1 Å². The lowest BCUT2D eigenvalue weighted by Gasteiger charge is -2.25. The summed E-state index contributed by atoms with van der Waals surface area (Å²) in [7, 11) is 0. The number of amides is 1. The molecule has 164 valence electrons. The van der Waals surface area contributed by atoms with Crippen molar-refractivity contribution in [2.24, 2.45) is 0 Å². The summed E-state index contributed by atoms with van der Waals surface area (Å²) in [6, 6.07) is 15.7. The first-order valence-corrected chi connectivity index (χ1v) is 9.81. The van der Waals surface area contributed by atoms with Gasteiger partial charge < -0.3 is 19.4 Å². The van der Waals surface area contributed by atoms with E-state index >= 15 is 0 Å². The van der Waals surface area contributed by atoms with Crippen LogP contribution in [0.5, 0.6) is 5.75 Å². The van der Waals surface area contributed by atoms with E-state index in [1.165, 1.54) is 0 Å². The van der Waals surface area contributed by atoms with Gasteiger partial charge in [0.1, 0.15) is 18.9 Å². The molecule has 1 heterocycles. The standard InChI is InChI=1S/C24H22N2O6/c1-16-21(32-23(25-16)19-7-4-3-5-8-19)9-6-14-31-20-12-10-18(11-13-20)17(2)26(24(29)30)15-22(27)28/h3-5,7-8,10-13,17H,14-15H2,1-2H3,(H,27,28)(H,29,30)/t17-/m0/s1. The Bertz CT molecular complexity index is 1140. The monoisotopic (exact) mass is 434 g/mol. The van der Waals surface area contributed by atoms with Gasteiger partial charge in [0.25, 0.3) is 0 Å². The highest BCUT2D eigenvalue weighted by atomic mass is 16.5. The molecule has 1 amide bonds. The van der Waals surface area contributed by atoms with E-state index in [4.69, 9.17) is 14.3 Å². The first kappa shape index (κ1) is 22.4. The van der Waals surface area contributed by atoms with Gasteiger partial charge in [0.15, 0.2) is 0 Å². The molecule has 0 fully saturated rings. The number of oxazole rings is 1. The Hall–Kier alpha value is -4.25. The van der Waals surface area contributed by atoms with Crippen LogP contribution < -0.4 is 4.74 Å². The number of aliphatic carboxylic acids is 1. The van der Waals surface area contributed by atoms with Crippen LogP contribution in [-0.4, -0.2) is 45.3 Å². The molecule has 1 aromatic heterocycles. The minimum absolute atomic E-state index is 0.121. The SMILES string of the molecule is Cc1nc(-c2ccccc2)oc1C#CCOc1ccc([C@H](C)N(CC(=O)O)C(=O)O)cc1. The molecule has 0 unspecified atom stereocenters.